The van der Waals surface area contributed by atoms with Crippen LogP contribution >= 0.6 is 11.3 Å². The second-order valence-electron chi connectivity index (χ2n) is 3.91. The van der Waals surface area contributed by atoms with Gasteiger partial charge in [0.25, 0.3) is 11.5 Å². The summed E-state index contributed by atoms with van der Waals surface area (Å²) in [6.07, 6.45) is 3.00. The first-order chi connectivity index (χ1) is 9.10. The largest absolute Gasteiger partial charge is 0.362 e. The number of rotatable bonds is 4. The maximum atomic E-state index is 12.0. The molecule has 0 aliphatic rings. The van der Waals surface area contributed by atoms with Crippen LogP contribution in [0.4, 0.5) is 10.8 Å². The van der Waals surface area contributed by atoms with Gasteiger partial charge in [-0.3, -0.25) is 9.59 Å². The lowest BCUT2D eigenvalue weighted by Crippen LogP contribution is -2.14. The van der Waals surface area contributed by atoms with Gasteiger partial charge < -0.3 is 15.6 Å². The van der Waals surface area contributed by atoms with Crippen LogP contribution in [0.3, 0.4) is 0 Å². The normalized spacial score (nSPS) is 10.2. The highest BCUT2D eigenvalue weighted by molar-refractivity contribution is 7.17. The number of amides is 1. The number of aromatic amines is 1. The van der Waals surface area contributed by atoms with Gasteiger partial charge in [-0.25, -0.2) is 4.98 Å². The Labute approximate surface area is 113 Å². The fourth-order valence-corrected chi connectivity index (χ4v) is 2.25. The van der Waals surface area contributed by atoms with E-state index in [4.69, 9.17) is 0 Å². The Balaban J connectivity index is 2.11. The Morgan fingerprint density at radius 2 is 2.32 bits per heavy atom. The van der Waals surface area contributed by atoms with Gasteiger partial charge >= 0.3 is 0 Å². The highest BCUT2D eigenvalue weighted by Gasteiger charge is 2.11. The van der Waals surface area contributed by atoms with Crippen LogP contribution in [0.2, 0.25) is 0 Å². The van der Waals surface area contributed by atoms with Gasteiger partial charge in [-0.1, -0.05) is 11.3 Å². The first-order valence-electron chi connectivity index (χ1n) is 5.80. The number of hydrogen-bond donors (Lipinski definition) is 3. The SMILES string of the molecule is CCNc1ncc(C(=O)Nc2c[nH]c(=O)c(C)c2)s1. The maximum Gasteiger partial charge on any atom is 0.267 e. The standard InChI is InChI=1S/C12H14N4O2S/c1-3-13-12-15-6-9(19-12)11(18)16-8-4-7(2)10(17)14-5-8/h4-6H,3H2,1-2H3,(H,13,15)(H,14,17)(H,16,18). The van der Waals surface area contributed by atoms with E-state index in [0.29, 0.717) is 21.3 Å². The van der Waals surface area contributed by atoms with E-state index in [9.17, 15) is 9.59 Å². The van der Waals surface area contributed by atoms with Crippen molar-refractivity contribution in [2.75, 3.05) is 17.2 Å². The molecule has 100 valence electrons. The molecule has 7 heteroatoms. The molecule has 1 amide bonds. The second-order valence-corrected chi connectivity index (χ2v) is 4.95. The lowest BCUT2D eigenvalue weighted by Gasteiger charge is -2.03. The molecule has 0 atom stereocenters. The van der Waals surface area contributed by atoms with E-state index in [2.05, 4.69) is 20.6 Å². The summed E-state index contributed by atoms with van der Waals surface area (Å²) in [5, 5.41) is 6.47. The summed E-state index contributed by atoms with van der Waals surface area (Å²) < 4.78 is 0. The molecule has 0 aliphatic heterocycles. The van der Waals surface area contributed by atoms with E-state index in [0.717, 1.165) is 6.54 Å². The Morgan fingerprint density at radius 1 is 1.53 bits per heavy atom. The highest BCUT2D eigenvalue weighted by atomic mass is 32.1. The summed E-state index contributed by atoms with van der Waals surface area (Å²) in [5.74, 6) is -0.242. The van der Waals surface area contributed by atoms with Crippen molar-refractivity contribution in [1.29, 1.82) is 0 Å². The van der Waals surface area contributed by atoms with Crippen LogP contribution in [0.25, 0.3) is 0 Å². The number of carbonyl (C=O) groups is 1. The molecule has 0 spiro atoms. The Morgan fingerprint density at radius 3 is 3.00 bits per heavy atom. The molecule has 2 heterocycles. The number of carbonyl (C=O) groups excluding carboxylic acids is 1. The van der Waals surface area contributed by atoms with E-state index in [1.165, 1.54) is 23.7 Å². The molecule has 19 heavy (non-hydrogen) atoms. The molecule has 0 aromatic carbocycles. The summed E-state index contributed by atoms with van der Waals surface area (Å²) in [4.78, 5) is 30.3. The third-order valence-electron chi connectivity index (χ3n) is 2.40. The van der Waals surface area contributed by atoms with Gasteiger partial charge in [-0.05, 0) is 19.9 Å². The third kappa shape index (κ3) is 3.19. The molecule has 0 unspecified atom stereocenters. The first kappa shape index (κ1) is 13.3. The van der Waals surface area contributed by atoms with Crippen LogP contribution in [0.5, 0.6) is 0 Å². The number of aryl methyl sites for hydroxylation is 1. The molecule has 0 saturated carbocycles. The number of anilines is 2. The van der Waals surface area contributed by atoms with Crippen molar-refractivity contribution in [1.82, 2.24) is 9.97 Å². The number of thiazole rings is 1. The van der Waals surface area contributed by atoms with Gasteiger partial charge in [-0.2, -0.15) is 0 Å². The molecule has 3 N–H and O–H groups in total. The van der Waals surface area contributed by atoms with Gasteiger partial charge in [0.15, 0.2) is 5.13 Å². The number of nitrogens with zero attached hydrogens (tertiary/aromatic N) is 1. The molecule has 6 nitrogen and oxygen atoms in total. The predicted molar refractivity (Wildman–Crippen MR) is 76.0 cm³/mol. The lowest BCUT2D eigenvalue weighted by molar-refractivity contribution is 0.103. The summed E-state index contributed by atoms with van der Waals surface area (Å²) >= 11 is 1.29. The van der Waals surface area contributed by atoms with Crippen LogP contribution in [0, 0.1) is 6.92 Å². The Hall–Kier alpha value is -2.15. The van der Waals surface area contributed by atoms with E-state index in [-0.39, 0.29) is 11.5 Å². The van der Waals surface area contributed by atoms with Crippen LogP contribution in [-0.4, -0.2) is 22.4 Å². The molecule has 0 radical (unpaired) electrons. The zero-order chi connectivity index (χ0) is 13.8. The minimum Gasteiger partial charge on any atom is -0.362 e. The summed E-state index contributed by atoms with van der Waals surface area (Å²) in [6.45, 7) is 4.41. The van der Waals surface area contributed by atoms with Crippen molar-refractivity contribution in [3.8, 4) is 0 Å². The summed E-state index contributed by atoms with van der Waals surface area (Å²) in [5.41, 5.74) is 0.946. The fourth-order valence-electron chi connectivity index (χ4n) is 1.47. The van der Waals surface area contributed by atoms with Crippen LogP contribution < -0.4 is 16.2 Å². The smallest absolute Gasteiger partial charge is 0.267 e. The monoisotopic (exact) mass is 278 g/mol. The number of hydrogen-bond acceptors (Lipinski definition) is 5. The average Bonchev–Trinajstić information content (AvgIpc) is 2.83. The topological polar surface area (TPSA) is 86.9 Å². The number of nitrogens with one attached hydrogen (secondary N) is 3. The van der Waals surface area contributed by atoms with Gasteiger partial charge in [0.1, 0.15) is 4.88 Å². The molecule has 0 saturated heterocycles. The highest BCUT2D eigenvalue weighted by Crippen LogP contribution is 2.19. The zero-order valence-corrected chi connectivity index (χ0v) is 11.4. The predicted octanol–water partition coefficient (Wildman–Crippen LogP) is 1.82. The quantitative estimate of drug-likeness (QED) is 0.796. The van der Waals surface area contributed by atoms with Crippen molar-refractivity contribution in [2.45, 2.75) is 13.8 Å². The number of aromatic nitrogens is 2. The molecule has 2 aromatic rings. The van der Waals surface area contributed by atoms with Crippen molar-refractivity contribution in [3.63, 3.8) is 0 Å². The molecule has 2 aromatic heterocycles. The molecule has 2 rings (SSSR count). The summed E-state index contributed by atoms with van der Waals surface area (Å²) in [7, 11) is 0. The van der Waals surface area contributed by atoms with Crippen molar-refractivity contribution in [2.24, 2.45) is 0 Å². The van der Waals surface area contributed by atoms with Crippen LogP contribution in [0.1, 0.15) is 22.2 Å². The maximum absolute atomic E-state index is 12.0. The molecule has 0 bridgehead atoms. The zero-order valence-electron chi connectivity index (χ0n) is 10.6. The fraction of sp³-hybridized carbons (Fsp3) is 0.250. The summed E-state index contributed by atoms with van der Waals surface area (Å²) in [6, 6.07) is 1.63. The number of pyridine rings is 1. The molecular formula is C12H14N4O2S. The Bertz CT molecular complexity index is 647. The van der Waals surface area contributed by atoms with E-state index < -0.39 is 0 Å². The van der Waals surface area contributed by atoms with E-state index >= 15 is 0 Å². The van der Waals surface area contributed by atoms with Crippen LogP contribution in [0.15, 0.2) is 23.3 Å². The van der Waals surface area contributed by atoms with Gasteiger partial charge in [0, 0.05) is 18.3 Å². The second kappa shape index (κ2) is 5.66. The van der Waals surface area contributed by atoms with Crippen molar-refractivity contribution < 1.29 is 4.79 Å². The van der Waals surface area contributed by atoms with E-state index in [1.54, 1.807) is 13.0 Å². The first-order valence-corrected chi connectivity index (χ1v) is 6.62. The van der Waals surface area contributed by atoms with Crippen LogP contribution in [-0.2, 0) is 0 Å². The van der Waals surface area contributed by atoms with Crippen molar-refractivity contribution in [3.05, 3.63) is 39.3 Å². The number of H-pyrrole nitrogens is 1. The van der Waals surface area contributed by atoms with Gasteiger partial charge in [0.05, 0.1) is 11.9 Å². The van der Waals surface area contributed by atoms with Crippen molar-refractivity contribution >= 4 is 28.1 Å². The van der Waals surface area contributed by atoms with Gasteiger partial charge in [0.2, 0.25) is 0 Å². The minimum atomic E-state index is -0.242. The average molecular weight is 278 g/mol. The third-order valence-corrected chi connectivity index (χ3v) is 3.36. The molecular weight excluding hydrogens is 264 g/mol. The lowest BCUT2D eigenvalue weighted by atomic mass is 10.3. The molecule has 0 fully saturated rings. The van der Waals surface area contributed by atoms with E-state index in [1.807, 2.05) is 6.92 Å². The molecule has 0 aliphatic carbocycles. The minimum absolute atomic E-state index is 0.162. The Kier molecular flexibility index (Phi) is 3.96. The van der Waals surface area contributed by atoms with Gasteiger partial charge in [-0.15, -0.1) is 0 Å².